The van der Waals surface area contributed by atoms with Gasteiger partial charge >= 0.3 is 0 Å². The number of carbonyl (C=O) groups excluding carboxylic acids is 1. The summed E-state index contributed by atoms with van der Waals surface area (Å²) in [6.45, 7) is 2.04. The largest absolute Gasteiger partial charge is 0.440 e. The maximum atomic E-state index is 12.8. The summed E-state index contributed by atoms with van der Waals surface area (Å²) in [5.41, 5.74) is 3.89. The molecule has 1 aromatic heterocycles. The van der Waals surface area contributed by atoms with Crippen LogP contribution in [0.1, 0.15) is 30.8 Å². The lowest BCUT2D eigenvalue weighted by atomic mass is 10.1. The Morgan fingerprint density at radius 3 is 2.03 bits per heavy atom. The van der Waals surface area contributed by atoms with Crippen LogP contribution < -0.4 is 0 Å². The molecule has 31 heavy (non-hydrogen) atoms. The van der Waals surface area contributed by atoms with Gasteiger partial charge in [0.15, 0.2) is 11.7 Å². The van der Waals surface area contributed by atoms with Crippen LogP contribution in [0.15, 0.2) is 95.4 Å². The van der Waals surface area contributed by atoms with Gasteiger partial charge in [0.1, 0.15) is 5.69 Å². The van der Waals surface area contributed by atoms with E-state index in [4.69, 9.17) is 9.40 Å². The number of carbonyl (C=O) groups is 1. The first kappa shape index (κ1) is 20.6. The van der Waals surface area contributed by atoms with Crippen molar-refractivity contribution in [2.45, 2.75) is 25.8 Å². The fourth-order valence-electron chi connectivity index (χ4n) is 3.61. The molecule has 0 aliphatic carbocycles. The predicted molar refractivity (Wildman–Crippen MR) is 123 cm³/mol. The van der Waals surface area contributed by atoms with E-state index in [-0.39, 0.29) is 11.9 Å². The highest BCUT2D eigenvalue weighted by atomic mass is 16.4. The zero-order valence-electron chi connectivity index (χ0n) is 17.9. The van der Waals surface area contributed by atoms with Crippen molar-refractivity contribution in [3.05, 3.63) is 102 Å². The molecule has 0 N–H and O–H groups in total. The number of amides is 1. The highest BCUT2D eigenvalue weighted by molar-refractivity contribution is 5.78. The van der Waals surface area contributed by atoms with E-state index in [0.29, 0.717) is 18.7 Å². The highest BCUT2D eigenvalue weighted by Crippen LogP contribution is 2.33. The molecule has 0 fully saturated rings. The number of aromatic nitrogens is 1. The Balaban J connectivity index is 1.52. The molecule has 1 amide bonds. The number of aryl methyl sites for hydroxylation is 1. The molecule has 0 aliphatic heterocycles. The summed E-state index contributed by atoms with van der Waals surface area (Å²) in [5.74, 6) is 1.38. The van der Waals surface area contributed by atoms with Gasteiger partial charge in [-0.2, -0.15) is 0 Å². The Morgan fingerprint density at radius 1 is 0.871 bits per heavy atom. The minimum Gasteiger partial charge on any atom is -0.440 e. The molecule has 0 saturated carbocycles. The van der Waals surface area contributed by atoms with E-state index >= 15 is 0 Å². The molecule has 4 nitrogen and oxygen atoms in total. The van der Waals surface area contributed by atoms with E-state index in [9.17, 15) is 4.79 Å². The summed E-state index contributed by atoms with van der Waals surface area (Å²) in [4.78, 5) is 19.4. The Labute approximate surface area is 183 Å². The molecule has 0 spiro atoms. The Kier molecular flexibility index (Phi) is 6.27. The zero-order chi connectivity index (χ0) is 21.6. The molecule has 156 valence electrons. The first-order valence-electron chi connectivity index (χ1n) is 10.5. The van der Waals surface area contributed by atoms with E-state index in [1.807, 2.05) is 105 Å². The van der Waals surface area contributed by atoms with Crippen LogP contribution in [0.5, 0.6) is 0 Å². The summed E-state index contributed by atoms with van der Waals surface area (Å²) < 4.78 is 6.15. The summed E-state index contributed by atoms with van der Waals surface area (Å²) in [6.07, 6.45) is 0.800. The molecule has 0 bridgehead atoms. The number of hydrogen-bond donors (Lipinski definition) is 0. The van der Waals surface area contributed by atoms with Gasteiger partial charge in [-0.15, -0.1) is 0 Å². The average Bonchev–Trinajstić information content (AvgIpc) is 3.27. The number of oxazole rings is 1. The molecular weight excluding hydrogens is 384 g/mol. The second-order valence-corrected chi connectivity index (χ2v) is 7.61. The van der Waals surface area contributed by atoms with Crippen LogP contribution in [0, 0.1) is 0 Å². The second kappa shape index (κ2) is 9.43. The van der Waals surface area contributed by atoms with Gasteiger partial charge in [-0.05, 0) is 12.5 Å². The van der Waals surface area contributed by atoms with Crippen LogP contribution in [0.4, 0.5) is 0 Å². The lowest BCUT2D eigenvalue weighted by Gasteiger charge is -2.25. The van der Waals surface area contributed by atoms with Crippen molar-refractivity contribution in [1.29, 1.82) is 0 Å². The second-order valence-electron chi connectivity index (χ2n) is 7.61. The van der Waals surface area contributed by atoms with Crippen molar-refractivity contribution in [2.24, 2.45) is 0 Å². The lowest BCUT2D eigenvalue weighted by Crippen LogP contribution is -2.29. The normalized spacial score (nSPS) is 11.8. The number of benzene rings is 3. The lowest BCUT2D eigenvalue weighted by molar-refractivity contribution is -0.131. The van der Waals surface area contributed by atoms with Crippen molar-refractivity contribution in [1.82, 2.24) is 9.88 Å². The SMILES string of the molecule is C[C@@H](c1ccccc1)N(C)C(=O)CCc1nc(-c2ccccc2)c(-c2ccccc2)o1. The van der Waals surface area contributed by atoms with E-state index in [2.05, 4.69) is 0 Å². The van der Waals surface area contributed by atoms with E-state index in [1.165, 1.54) is 0 Å². The average molecular weight is 411 g/mol. The minimum atomic E-state index is 0.0121. The smallest absolute Gasteiger partial charge is 0.223 e. The molecule has 4 rings (SSSR count). The van der Waals surface area contributed by atoms with Gasteiger partial charge in [-0.3, -0.25) is 4.79 Å². The third-order valence-electron chi connectivity index (χ3n) is 5.56. The third-order valence-corrected chi connectivity index (χ3v) is 5.56. The molecule has 0 aliphatic rings. The fourth-order valence-corrected chi connectivity index (χ4v) is 3.61. The molecule has 0 saturated heterocycles. The summed E-state index contributed by atoms with van der Waals surface area (Å²) >= 11 is 0. The van der Waals surface area contributed by atoms with E-state index in [1.54, 1.807) is 4.90 Å². The van der Waals surface area contributed by atoms with E-state index < -0.39 is 0 Å². The van der Waals surface area contributed by atoms with Crippen LogP contribution in [0.2, 0.25) is 0 Å². The number of hydrogen-bond acceptors (Lipinski definition) is 3. The van der Waals surface area contributed by atoms with Gasteiger partial charge < -0.3 is 9.32 Å². The maximum Gasteiger partial charge on any atom is 0.223 e. The molecule has 4 heteroatoms. The quantitative estimate of drug-likeness (QED) is 0.366. The molecule has 4 aromatic rings. The molecule has 0 unspecified atom stereocenters. The van der Waals surface area contributed by atoms with Crippen LogP contribution in [0.25, 0.3) is 22.6 Å². The van der Waals surface area contributed by atoms with Gasteiger partial charge in [0.2, 0.25) is 5.91 Å². The summed E-state index contributed by atoms with van der Waals surface area (Å²) in [6, 6.07) is 30.0. The van der Waals surface area contributed by atoms with Gasteiger partial charge in [-0.1, -0.05) is 91.0 Å². The van der Waals surface area contributed by atoms with Crippen molar-refractivity contribution >= 4 is 5.91 Å². The Bertz CT molecular complexity index is 1060. The van der Waals surface area contributed by atoms with Crippen LogP contribution in [-0.2, 0) is 11.2 Å². The van der Waals surface area contributed by atoms with Crippen LogP contribution >= 0.6 is 0 Å². The number of nitrogens with zero attached hydrogens (tertiary/aromatic N) is 2. The third kappa shape index (κ3) is 4.75. The summed E-state index contributed by atoms with van der Waals surface area (Å²) in [7, 11) is 1.85. The van der Waals surface area contributed by atoms with Crippen molar-refractivity contribution in [2.75, 3.05) is 7.05 Å². The number of rotatable bonds is 7. The Morgan fingerprint density at radius 2 is 1.42 bits per heavy atom. The predicted octanol–water partition coefficient (Wildman–Crippen LogP) is 6.16. The molecule has 0 radical (unpaired) electrons. The van der Waals surface area contributed by atoms with Gasteiger partial charge in [0, 0.05) is 31.0 Å². The van der Waals surface area contributed by atoms with Gasteiger partial charge in [0.05, 0.1) is 6.04 Å². The first-order valence-corrected chi connectivity index (χ1v) is 10.5. The minimum absolute atomic E-state index is 0.0121. The first-order chi connectivity index (χ1) is 15.1. The summed E-state index contributed by atoms with van der Waals surface area (Å²) in [5, 5.41) is 0. The standard InChI is InChI=1S/C27H26N2O2/c1-20(21-12-6-3-7-13-21)29(2)25(30)19-18-24-28-26(22-14-8-4-9-15-22)27(31-24)23-16-10-5-11-17-23/h3-17,20H,18-19H2,1-2H3/t20-/m0/s1. The van der Waals surface area contributed by atoms with Crippen molar-refractivity contribution < 1.29 is 9.21 Å². The monoisotopic (exact) mass is 410 g/mol. The topological polar surface area (TPSA) is 46.3 Å². The van der Waals surface area contributed by atoms with Gasteiger partial charge in [0.25, 0.3) is 0 Å². The van der Waals surface area contributed by atoms with Crippen LogP contribution in [0.3, 0.4) is 0 Å². The fraction of sp³-hybridized carbons (Fsp3) is 0.185. The van der Waals surface area contributed by atoms with Crippen molar-refractivity contribution in [3.8, 4) is 22.6 Å². The molecule has 1 atom stereocenters. The Hall–Kier alpha value is -3.66. The molecule has 1 heterocycles. The van der Waals surface area contributed by atoms with Gasteiger partial charge in [-0.25, -0.2) is 4.98 Å². The zero-order valence-corrected chi connectivity index (χ0v) is 17.9. The maximum absolute atomic E-state index is 12.8. The molecular formula is C27H26N2O2. The molecule has 3 aromatic carbocycles. The van der Waals surface area contributed by atoms with E-state index in [0.717, 1.165) is 28.1 Å². The van der Waals surface area contributed by atoms with Crippen LogP contribution in [-0.4, -0.2) is 22.8 Å². The highest BCUT2D eigenvalue weighted by Gasteiger charge is 2.20. The van der Waals surface area contributed by atoms with Crippen molar-refractivity contribution in [3.63, 3.8) is 0 Å².